The number of carbonyl (C=O) groups excluding carboxylic acids is 2. The van der Waals surface area contributed by atoms with Crippen LogP contribution in [0.3, 0.4) is 0 Å². The molecule has 0 spiro atoms. The Morgan fingerprint density at radius 2 is 1.84 bits per heavy atom. The third-order valence-electron chi connectivity index (χ3n) is 5.86. The van der Waals surface area contributed by atoms with Crippen LogP contribution in [-0.2, 0) is 32.4 Å². The second-order valence-electron chi connectivity index (χ2n) is 8.18. The van der Waals surface area contributed by atoms with E-state index in [1.807, 2.05) is 25.1 Å². The zero-order valence-electron chi connectivity index (χ0n) is 18.3. The van der Waals surface area contributed by atoms with E-state index in [-0.39, 0.29) is 18.6 Å². The first-order chi connectivity index (χ1) is 15.2. The number of anilines is 2. The Bertz CT molecular complexity index is 1180. The molecule has 32 heavy (non-hydrogen) atoms. The maximum Gasteiger partial charge on any atom is 0.338 e. The van der Waals surface area contributed by atoms with Gasteiger partial charge < -0.3 is 14.4 Å². The fourth-order valence-electron chi connectivity index (χ4n) is 4.48. The van der Waals surface area contributed by atoms with Gasteiger partial charge in [0, 0.05) is 18.3 Å². The number of sulfonamides is 1. The lowest BCUT2D eigenvalue weighted by molar-refractivity contribution is -0.121. The molecule has 2 aliphatic heterocycles. The molecule has 0 bridgehead atoms. The van der Waals surface area contributed by atoms with E-state index in [0.29, 0.717) is 24.2 Å². The first kappa shape index (κ1) is 22.1. The van der Waals surface area contributed by atoms with E-state index in [1.165, 1.54) is 16.6 Å². The highest BCUT2D eigenvalue weighted by Gasteiger charge is 2.33. The molecule has 2 aromatic rings. The Morgan fingerprint density at radius 1 is 1.09 bits per heavy atom. The molecule has 2 heterocycles. The quantitative estimate of drug-likeness (QED) is 0.640. The predicted octanol–water partition coefficient (Wildman–Crippen LogP) is 2.54. The Kier molecular flexibility index (Phi) is 5.85. The molecule has 0 saturated heterocycles. The number of nitrogens with zero attached hydrogens (tertiary/aromatic N) is 2. The van der Waals surface area contributed by atoms with Gasteiger partial charge in [-0.05, 0) is 73.7 Å². The van der Waals surface area contributed by atoms with Crippen molar-refractivity contribution in [1.82, 2.24) is 0 Å². The highest BCUT2D eigenvalue weighted by molar-refractivity contribution is 7.92. The average molecular weight is 459 g/mol. The summed E-state index contributed by atoms with van der Waals surface area (Å²) in [6, 6.07) is 10.2. The molecule has 8 nitrogen and oxygen atoms in total. The molecular formula is C23H26N2O6S. The third kappa shape index (κ3) is 4.17. The number of amides is 1. The van der Waals surface area contributed by atoms with Gasteiger partial charge in [-0.3, -0.25) is 9.10 Å². The number of benzene rings is 2. The van der Waals surface area contributed by atoms with Gasteiger partial charge in [0.25, 0.3) is 5.91 Å². The molecule has 1 atom stereocenters. The molecule has 9 heteroatoms. The van der Waals surface area contributed by atoms with Crippen LogP contribution in [0.2, 0.25) is 0 Å². The summed E-state index contributed by atoms with van der Waals surface area (Å²) in [4.78, 5) is 27.0. The van der Waals surface area contributed by atoms with Gasteiger partial charge in [-0.1, -0.05) is 0 Å². The van der Waals surface area contributed by atoms with Gasteiger partial charge in [0.15, 0.2) is 6.61 Å². The number of methoxy groups -OCH3 is 1. The van der Waals surface area contributed by atoms with E-state index in [2.05, 4.69) is 0 Å². The number of hydrogen-bond donors (Lipinski definition) is 0. The minimum absolute atomic E-state index is 0.217. The predicted molar refractivity (Wildman–Crippen MR) is 121 cm³/mol. The summed E-state index contributed by atoms with van der Waals surface area (Å²) >= 11 is 0. The number of fused-ring (bicyclic) bond motifs is 2. The van der Waals surface area contributed by atoms with E-state index in [1.54, 1.807) is 24.1 Å². The summed E-state index contributed by atoms with van der Waals surface area (Å²) in [7, 11) is -1.80. The summed E-state index contributed by atoms with van der Waals surface area (Å²) in [6.07, 6.45) is 3.35. The van der Waals surface area contributed by atoms with Gasteiger partial charge in [-0.15, -0.1) is 0 Å². The van der Waals surface area contributed by atoms with Gasteiger partial charge in [0.05, 0.1) is 24.6 Å². The summed E-state index contributed by atoms with van der Waals surface area (Å²) in [5, 5.41) is 0. The second-order valence-corrected chi connectivity index (χ2v) is 10.0. The molecule has 170 valence electrons. The third-order valence-corrected chi connectivity index (χ3v) is 7.13. The van der Waals surface area contributed by atoms with Crippen molar-refractivity contribution in [3.63, 3.8) is 0 Å². The SMILES string of the molecule is COc1ccc2c(c1)CCCN2C(=O)COC(=O)c1ccc2c(c1)CC(C)N2S(C)(=O)=O. The average Bonchev–Trinajstić information content (AvgIpc) is 3.11. The van der Waals surface area contributed by atoms with Crippen LogP contribution in [0.4, 0.5) is 11.4 Å². The van der Waals surface area contributed by atoms with Crippen molar-refractivity contribution < 1.29 is 27.5 Å². The number of aryl methyl sites for hydroxylation is 1. The lowest BCUT2D eigenvalue weighted by atomic mass is 10.0. The Morgan fingerprint density at radius 3 is 2.56 bits per heavy atom. The van der Waals surface area contributed by atoms with Gasteiger partial charge in [-0.2, -0.15) is 0 Å². The van der Waals surface area contributed by atoms with Crippen molar-refractivity contribution in [1.29, 1.82) is 0 Å². The van der Waals surface area contributed by atoms with Crippen LogP contribution in [-0.4, -0.2) is 52.9 Å². The van der Waals surface area contributed by atoms with Crippen molar-refractivity contribution in [2.24, 2.45) is 0 Å². The molecular weight excluding hydrogens is 432 g/mol. The van der Waals surface area contributed by atoms with Crippen molar-refractivity contribution in [2.45, 2.75) is 32.2 Å². The van der Waals surface area contributed by atoms with Crippen LogP contribution < -0.4 is 13.9 Å². The largest absolute Gasteiger partial charge is 0.497 e. The van der Waals surface area contributed by atoms with Crippen LogP contribution in [0.1, 0.15) is 34.8 Å². The summed E-state index contributed by atoms with van der Waals surface area (Å²) < 4.78 is 36.0. The van der Waals surface area contributed by atoms with Crippen LogP contribution in [0.25, 0.3) is 0 Å². The van der Waals surface area contributed by atoms with Crippen molar-refractivity contribution in [3.05, 3.63) is 53.1 Å². The zero-order valence-corrected chi connectivity index (χ0v) is 19.1. The van der Waals surface area contributed by atoms with Crippen LogP contribution >= 0.6 is 0 Å². The molecule has 0 aromatic heterocycles. The van der Waals surface area contributed by atoms with Crippen molar-refractivity contribution in [2.75, 3.05) is 35.7 Å². The molecule has 0 fully saturated rings. The van der Waals surface area contributed by atoms with E-state index in [4.69, 9.17) is 9.47 Å². The lowest BCUT2D eigenvalue weighted by Gasteiger charge is -2.29. The Balaban J connectivity index is 1.44. The van der Waals surface area contributed by atoms with Gasteiger partial charge in [0.1, 0.15) is 5.75 Å². The van der Waals surface area contributed by atoms with Crippen LogP contribution in [0.15, 0.2) is 36.4 Å². The van der Waals surface area contributed by atoms with Crippen LogP contribution in [0, 0.1) is 0 Å². The van der Waals surface area contributed by atoms with Gasteiger partial charge >= 0.3 is 5.97 Å². The first-order valence-electron chi connectivity index (χ1n) is 10.5. The molecule has 2 aromatic carbocycles. The summed E-state index contributed by atoms with van der Waals surface area (Å²) in [5.74, 6) is -0.161. The standard InChI is InChI=1S/C23H26N2O6S/c1-15-11-18-12-17(6-8-21(18)25(15)32(3,28)29)23(27)31-14-22(26)24-10-4-5-16-13-19(30-2)7-9-20(16)24/h6-9,12-13,15H,4-5,10-11,14H2,1-3H3. The maximum atomic E-state index is 12.8. The molecule has 0 radical (unpaired) electrons. The minimum Gasteiger partial charge on any atom is -0.497 e. The zero-order chi connectivity index (χ0) is 23.0. The highest BCUT2D eigenvalue weighted by Crippen LogP contribution is 2.35. The molecule has 0 N–H and O–H groups in total. The monoisotopic (exact) mass is 458 g/mol. The number of rotatable bonds is 5. The molecule has 0 aliphatic carbocycles. The number of hydrogen-bond acceptors (Lipinski definition) is 6. The molecule has 1 amide bonds. The second kappa shape index (κ2) is 8.46. The topological polar surface area (TPSA) is 93.2 Å². The fourth-order valence-corrected chi connectivity index (χ4v) is 5.75. The first-order valence-corrected chi connectivity index (χ1v) is 12.3. The Hall–Kier alpha value is -3.07. The maximum absolute atomic E-state index is 12.8. The fraction of sp³-hybridized carbons (Fsp3) is 0.391. The van der Waals surface area contributed by atoms with E-state index in [9.17, 15) is 18.0 Å². The Labute approximate surface area is 187 Å². The lowest BCUT2D eigenvalue weighted by Crippen LogP contribution is -2.38. The minimum atomic E-state index is -3.40. The van der Waals surface area contributed by atoms with E-state index < -0.39 is 16.0 Å². The molecule has 1 unspecified atom stereocenters. The molecule has 4 rings (SSSR count). The number of ether oxygens (including phenoxy) is 2. The normalized spacial score (nSPS) is 17.5. The van der Waals surface area contributed by atoms with Crippen molar-refractivity contribution >= 4 is 33.3 Å². The van der Waals surface area contributed by atoms with Crippen molar-refractivity contribution in [3.8, 4) is 5.75 Å². The smallest absolute Gasteiger partial charge is 0.338 e. The molecule has 0 saturated carbocycles. The van der Waals surface area contributed by atoms with E-state index in [0.717, 1.165) is 35.4 Å². The summed E-state index contributed by atoms with van der Waals surface area (Å²) in [6.45, 7) is 2.02. The summed E-state index contributed by atoms with van der Waals surface area (Å²) in [5.41, 5.74) is 3.47. The number of carbonyl (C=O) groups is 2. The molecule has 2 aliphatic rings. The van der Waals surface area contributed by atoms with Crippen LogP contribution in [0.5, 0.6) is 5.75 Å². The highest BCUT2D eigenvalue weighted by atomic mass is 32.2. The van der Waals surface area contributed by atoms with E-state index >= 15 is 0 Å². The number of esters is 1. The van der Waals surface area contributed by atoms with Gasteiger partial charge in [-0.25, -0.2) is 13.2 Å². The van der Waals surface area contributed by atoms with Gasteiger partial charge in [0.2, 0.25) is 10.0 Å².